The van der Waals surface area contributed by atoms with Crippen molar-refractivity contribution < 1.29 is 9.47 Å². The van der Waals surface area contributed by atoms with Crippen LogP contribution in [0.4, 0.5) is 0 Å². The normalized spacial score (nSPS) is 22.0. The van der Waals surface area contributed by atoms with Crippen LogP contribution in [-0.4, -0.2) is 19.8 Å². The lowest BCUT2D eigenvalue weighted by Gasteiger charge is -2.32. The first-order valence-corrected chi connectivity index (χ1v) is 8.32. The SMILES string of the molecule is CCNCc1ccc(OC)cc1OC1CCCCC1CC. The molecule has 3 heteroatoms. The average Bonchev–Trinajstić information content (AvgIpc) is 2.54. The number of nitrogens with one attached hydrogen (secondary N) is 1. The molecular weight excluding hydrogens is 262 g/mol. The zero-order valence-electron chi connectivity index (χ0n) is 13.7. The van der Waals surface area contributed by atoms with Crippen LogP contribution in [0.2, 0.25) is 0 Å². The summed E-state index contributed by atoms with van der Waals surface area (Å²) in [4.78, 5) is 0. The van der Waals surface area contributed by atoms with E-state index >= 15 is 0 Å². The van der Waals surface area contributed by atoms with Crippen molar-refractivity contribution in [3.63, 3.8) is 0 Å². The molecular formula is C18H29NO2. The van der Waals surface area contributed by atoms with Gasteiger partial charge in [0.05, 0.1) is 7.11 Å². The molecule has 1 aliphatic rings. The summed E-state index contributed by atoms with van der Waals surface area (Å²) >= 11 is 0. The molecule has 2 rings (SSSR count). The molecule has 2 atom stereocenters. The minimum atomic E-state index is 0.358. The van der Waals surface area contributed by atoms with Gasteiger partial charge < -0.3 is 14.8 Å². The summed E-state index contributed by atoms with van der Waals surface area (Å²) in [5, 5.41) is 3.38. The fraction of sp³-hybridized carbons (Fsp3) is 0.667. The van der Waals surface area contributed by atoms with Crippen LogP contribution in [0.25, 0.3) is 0 Å². The second-order valence-corrected chi connectivity index (χ2v) is 5.86. The van der Waals surface area contributed by atoms with Crippen molar-refractivity contribution in [2.24, 2.45) is 5.92 Å². The lowest BCUT2D eigenvalue weighted by molar-refractivity contribution is 0.0890. The number of hydrogen-bond donors (Lipinski definition) is 1. The Bertz CT molecular complexity index is 433. The van der Waals surface area contributed by atoms with Gasteiger partial charge in [0.25, 0.3) is 0 Å². The Balaban J connectivity index is 2.14. The Morgan fingerprint density at radius 1 is 1.19 bits per heavy atom. The molecule has 1 aromatic rings. The van der Waals surface area contributed by atoms with Crippen LogP contribution in [0.15, 0.2) is 18.2 Å². The van der Waals surface area contributed by atoms with Crippen LogP contribution in [-0.2, 0) is 6.54 Å². The Morgan fingerprint density at radius 3 is 2.71 bits per heavy atom. The van der Waals surface area contributed by atoms with E-state index in [4.69, 9.17) is 9.47 Å². The van der Waals surface area contributed by atoms with Crippen LogP contribution in [0.3, 0.4) is 0 Å². The van der Waals surface area contributed by atoms with Crippen molar-refractivity contribution in [2.45, 2.75) is 58.6 Å². The van der Waals surface area contributed by atoms with Gasteiger partial charge in [0.15, 0.2) is 0 Å². The monoisotopic (exact) mass is 291 g/mol. The summed E-state index contributed by atoms with van der Waals surface area (Å²) in [6, 6.07) is 6.16. The molecule has 0 bridgehead atoms. The minimum absolute atomic E-state index is 0.358. The van der Waals surface area contributed by atoms with Crippen LogP contribution in [0.1, 0.15) is 51.5 Å². The molecule has 1 N–H and O–H groups in total. The van der Waals surface area contributed by atoms with E-state index in [0.29, 0.717) is 12.0 Å². The van der Waals surface area contributed by atoms with Crippen molar-refractivity contribution in [1.29, 1.82) is 0 Å². The quantitative estimate of drug-likeness (QED) is 0.818. The largest absolute Gasteiger partial charge is 0.497 e. The number of benzene rings is 1. The number of ether oxygens (including phenoxy) is 2. The van der Waals surface area contributed by atoms with Gasteiger partial charge >= 0.3 is 0 Å². The Morgan fingerprint density at radius 2 is 2.00 bits per heavy atom. The Hall–Kier alpha value is -1.22. The molecule has 0 aliphatic heterocycles. The summed E-state index contributed by atoms with van der Waals surface area (Å²) in [6.07, 6.45) is 6.67. The number of rotatable bonds is 7. The highest BCUT2D eigenvalue weighted by Gasteiger charge is 2.26. The molecule has 118 valence electrons. The smallest absolute Gasteiger partial charge is 0.127 e. The van der Waals surface area contributed by atoms with Gasteiger partial charge in [0, 0.05) is 18.2 Å². The second kappa shape index (κ2) is 8.28. The van der Waals surface area contributed by atoms with E-state index in [2.05, 4.69) is 25.2 Å². The topological polar surface area (TPSA) is 30.5 Å². The maximum absolute atomic E-state index is 6.41. The molecule has 21 heavy (non-hydrogen) atoms. The van der Waals surface area contributed by atoms with Crippen molar-refractivity contribution >= 4 is 0 Å². The van der Waals surface area contributed by atoms with Crippen molar-refractivity contribution in [3.05, 3.63) is 23.8 Å². The molecule has 0 radical (unpaired) electrons. The first-order chi connectivity index (χ1) is 10.3. The highest BCUT2D eigenvalue weighted by molar-refractivity contribution is 5.41. The highest BCUT2D eigenvalue weighted by Crippen LogP contribution is 2.33. The van der Waals surface area contributed by atoms with Gasteiger partial charge in [0.1, 0.15) is 17.6 Å². The predicted molar refractivity (Wildman–Crippen MR) is 87.0 cm³/mol. The van der Waals surface area contributed by atoms with Crippen molar-refractivity contribution in [2.75, 3.05) is 13.7 Å². The van der Waals surface area contributed by atoms with Crippen LogP contribution in [0.5, 0.6) is 11.5 Å². The van der Waals surface area contributed by atoms with E-state index < -0.39 is 0 Å². The summed E-state index contributed by atoms with van der Waals surface area (Å²) < 4.78 is 11.8. The average molecular weight is 291 g/mol. The third kappa shape index (κ3) is 4.37. The molecule has 0 amide bonds. The van der Waals surface area contributed by atoms with Gasteiger partial charge in [-0.1, -0.05) is 26.3 Å². The van der Waals surface area contributed by atoms with Crippen molar-refractivity contribution in [3.8, 4) is 11.5 Å². The number of methoxy groups -OCH3 is 1. The molecule has 0 aromatic heterocycles. The van der Waals surface area contributed by atoms with Gasteiger partial charge in [0.2, 0.25) is 0 Å². The molecule has 1 fully saturated rings. The molecule has 1 aromatic carbocycles. The summed E-state index contributed by atoms with van der Waals surface area (Å²) in [7, 11) is 1.71. The summed E-state index contributed by atoms with van der Waals surface area (Å²) in [5.74, 6) is 2.55. The lowest BCUT2D eigenvalue weighted by atomic mass is 9.84. The van der Waals surface area contributed by atoms with Gasteiger partial charge in [-0.3, -0.25) is 0 Å². The maximum Gasteiger partial charge on any atom is 0.127 e. The zero-order chi connectivity index (χ0) is 15.1. The second-order valence-electron chi connectivity index (χ2n) is 5.86. The Kier molecular flexibility index (Phi) is 6.37. The first kappa shape index (κ1) is 16.2. The summed E-state index contributed by atoms with van der Waals surface area (Å²) in [5.41, 5.74) is 1.22. The van der Waals surface area contributed by atoms with E-state index in [1.165, 1.54) is 37.7 Å². The number of hydrogen-bond acceptors (Lipinski definition) is 3. The molecule has 1 aliphatic carbocycles. The van der Waals surface area contributed by atoms with Crippen LogP contribution < -0.4 is 14.8 Å². The van der Waals surface area contributed by atoms with E-state index in [0.717, 1.165) is 24.6 Å². The fourth-order valence-corrected chi connectivity index (χ4v) is 3.14. The van der Waals surface area contributed by atoms with Crippen LogP contribution in [0, 0.1) is 5.92 Å². The molecule has 2 unspecified atom stereocenters. The molecule has 3 nitrogen and oxygen atoms in total. The maximum atomic E-state index is 6.41. The van der Waals surface area contributed by atoms with Gasteiger partial charge in [-0.05, 0) is 44.2 Å². The molecule has 1 saturated carbocycles. The van der Waals surface area contributed by atoms with E-state index in [-0.39, 0.29) is 0 Å². The van der Waals surface area contributed by atoms with Crippen LogP contribution >= 0.6 is 0 Å². The van der Waals surface area contributed by atoms with E-state index in [9.17, 15) is 0 Å². The predicted octanol–water partition coefficient (Wildman–Crippen LogP) is 4.15. The van der Waals surface area contributed by atoms with E-state index in [1.807, 2.05) is 12.1 Å². The molecule has 0 spiro atoms. The molecule has 0 saturated heterocycles. The zero-order valence-corrected chi connectivity index (χ0v) is 13.7. The standard InChI is InChI=1S/C18H29NO2/c1-4-14-8-6-7-9-17(14)21-18-12-16(20-3)11-10-15(18)13-19-5-2/h10-12,14,17,19H,4-9,13H2,1-3H3. The third-order valence-corrected chi connectivity index (χ3v) is 4.48. The minimum Gasteiger partial charge on any atom is -0.497 e. The molecule has 0 heterocycles. The van der Waals surface area contributed by atoms with Gasteiger partial charge in [-0.2, -0.15) is 0 Å². The van der Waals surface area contributed by atoms with Crippen molar-refractivity contribution in [1.82, 2.24) is 5.32 Å². The lowest BCUT2D eigenvalue weighted by Crippen LogP contribution is -2.30. The highest BCUT2D eigenvalue weighted by atomic mass is 16.5. The third-order valence-electron chi connectivity index (χ3n) is 4.48. The van der Waals surface area contributed by atoms with E-state index in [1.54, 1.807) is 7.11 Å². The fourth-order valence-electron chi connectivity index (χ4n) is 3.14. The van der Waals surface area contributed by atoms with Gasteiger partial charge in [-0.15, -0.1) is 0 Å². The summed E-state index contributed by atoms with van der Waals surface area (Å²) in [6.45, 7) is 6.21. The van der Waals surface area contributed by atoms with Gasteiger partial charge in [-0.25, -0.2) is 0 Å². The first-order valence-electron chi connectivity index (χ1n) is 8.32. The Labute approximate surface area is 129 Å².